The Labute approximate surface area is 104 Å². The van der Waals surface area contributed by atoms with Gasteiger partial charge in [0.25, 0.3) is 5.69 Å². The summed E-state index contributed by atoms with van der Waals surface area (Å²) in [5, 5.41) is 17.6. The first kappa shape index (κ1) is 12.1. The van der Waals surface area contributed by atoms with Crippen LogP contribution in [0.1, 0.15) is 17.0 Å². The summed E-state index contributed by atoms with van der Waals surface area (Å²) < 4.78 is 5.06. The van der Waals surface area contributed by atoms with Crippen molar-refractivity contribution in [1.82, 2.24) is 5.16 Å². The van der Waals surface area contributed by atoms with Crippen LogP contribution in [0.5, 0.6) is 0 Å². The van der Waals surface area contributed by atoms with Crippen LogP contribution in [0, 0.1) is 24.0 Å². The van der Waals surface area contributed by atoms with Gasteiger partial charge in [-0.3, -0.25) is 10.1 Å². The number of rotatable bonds is 4. The maximum atomic E-state index is 10.7. The summed E-state index contributed by atoms with van der Waals surface area (Å²) >= 11 is 0. The van der Waals surface area contributed by atoms with E-state index in [9.17, 15) is 10.1 Å². The summed E-state index contributed by atoms with van der Waals surface area (Å²) in [7, 11) is 0. The quantitative estimate of drug-likeness (QED) is 0.663. The van der Waals surface area contributed by atoms with Crippen LogP contribution in [0.2, 0.25) is 0 Å². The second kappa shape index (κ2) is 4.87. The van der Waals surface area contributed by atoms with Gasteiger partial charge in [-0.25, -0.2) is 0 Å². The second-order valence-corrected chi connectivity index (χ2v) is 4.04. The van der Waals surface area contributed by atoms with Crippen LogP contribution >= 0.6 is 0 Å². The monoisotopic (exact) mass is 247 g/mol. The topological polar surface area (TPSA) is 81.2 Å². The lowest BCUT2D eigenvalue weighted by Crippen LogP contribution is -2.01. The van der Waals surface area contributed by atoms with Crippen molar-refractivity contribution in [3.05, 3.63) is 51.4 Å². The Morgan fingerprint density at radius 1 is 1.39 bits per heavy atom. The molecular formula is C12H13N3O3. The molecule has 0 aliphatic carbocycles. The number of hydrogen-bond donors (Lipinski definition) is 1. The number of nitrogens with one attached hydrogen (secondary N) is 1. The lowest BCUT2D eigenvalue weighted by molar-refractivity contribution is -0.384. The Hall–Kier alpha value is -2.37. The van der Waals surface area contributed by atoms with Crippen molar-refractivity contribution >= 4 is 11.4 Å². The summed E-state index contributed by atoms with van der Waals surface area (Å²) in [6, 6.07) is 6.53. The predicted octanol–water partition coefficient (Wildman–Crippen LogP) is 2.81. The fourth-order valence-corrected chi connectivity index (χ4v) is 1.60. The molecule has 0 radical (unpaired) electrons. The third-order valence-corrected chi connectivity index (χ3v) is 2.56. The van der Waals surface area contributed by atoms with Crippen molar-refractivity contribution in [2.75, 3.05) is 5.32 Å². The minimum Gasteiger partial charge on any atom is -0.377 e. The molecule has 0 atom stereocenters. The van der Waals surface area contributed by atoms with Crippen LogP contribution in [0.4, 0.5) is 11.4 Å². The zero-order valence-electron chi connectivity index (χ0n) is 10.1. The summed E-state index contributed by atoms with van der Waals surface area (Å²) in [5.41, 5.74) is 2.54. The highest BCUT2D eigenvalue weighted by Crippen LogP contribution is 2.22. The predicted molar refractivity (Wildman–Crippen MR) is 66.4 cm³/mol. The van der Waals surface area contributed by atoms with Gasteiger partial charge in [-0.2, -0.15) is 0 Å². The summed E-state index contributed by atoms with van der Waals surface area (Å²) in [6.07, 6.45) is 0. The molecule has 0 aliphatic heterocycles. The van der Waals surface area contributed by atoms with Gasteiger partial charge in [0.05, 0.1) is 17.2 Å². The molecule has 0 unspecified atom stereocenters. The first-order valence-corrected chi connectivity index (χ1v) is 5.47. The molecule has 2 aromatic rings. The number of anilines is 1. The van der Waals surface area contributed by atoms with Crippen molar-refractivity contribution in [2.45, 2.75) is 20.4 Å². The number of non-ortho nitro benzene ring substituents is 1. The number of nitrogens with zero attached hydrogens (tertiary/aromatic N) is 2. The third-order valence-electron chi connectivity index (χ3n) is 2.56. The number of aryl methyl sites for hydroxylation is 2. The molecule has 1 N–H and O–H groups in total. The number of benzene rings is 1. The zero-order chi connectivity index (χ0) is 13.1. The van der Waals surface area contributed by atoms with Crippen LogP contribution in [0.3, 0.4) is 0 Å². The van der Waals surface area contributed by atoms with Crippen LogP contribution in [-0.4, -0.2) is 10.1 Å². The van der Waals surface area contributed by atoms with E-state index in [1.54, 1.807) is 6.07 Å². The second-order valence-electron chi connectivity index (χ2n) is 4.04. The first-order valence-electron chi connectivity index (χ1n) is 5.47. The van der Waals surface area contributed by atoms with Crippen molar-refractivity contribution < 1.29 is 9.45 Å². The van der Waals surface area contributed by atoms with E-state index in [-0.39, 0.29) is 5.69 Å². The largest absolute Gasteiger partial charge is 0.377 e. The van der Waals surface area contributed by atoms with E-state index >= 15 is 0 Å². The molecule has 6 heteroatoms. The van der Waals surface area contributed by atoms with E-state index in [0.717, 1.165) is 16.9 Å². The van der Waals surface area contributed by atoms with Gasteiger partial charge in [0.15, 0.2) is 5.76 Å². The van der Waals surface area contributed by atoms with Crippen LogP contribution < -0.4 is 5.32 Å². The van der Waals surface area contributed by atoms with Gasteiger partial charge in [0, 0.05) is 23.9 Å². The average Bonchev–Trinajstić information content (AvgIpc) is 2.74. The Balaban J connectivity index is 2.13. The maximum absolute atomic E-state index is 10.7. The van der Waals surface area contributed by atoms with Gasteiger partial charge in [0.1, 0.15) is 0 Å². The van der Waals surface area contributed by atoms with Gasteiger partial charge < -0.3 is 9.84 Å². The van der Waals surface area contributed by atoms with Crippen molar-refractivity contribution in [2.24, 2.45) is 0 Å². The number of nitro benzene ring substituents is 1. The Morgan fingerprint density at radius 3 is 2.78 bits per heavy atom. The Kier molecular flexibility index (Phi) is 3.27. The maximum Gasteiger partial charge on any atom is 0.271 e. The molecule has 0 saturated heterocycles. The molecule has 0 saturated carbocycles. The molecule has 0 bridgehead atoms. The molecule has 0 amide bonds. The molecular weight excluding hydrogens is 234 g/mol. The van der Waals surface area contributed by atoms with Crippen molar-refractivity contribution in [1.29, 1.82) is 0 Å². The highest BCUT2D eigenvalue weighted by Gasteiger charge is 2.09. The van der Waals surface area contributed by atoms with Gasteiger partial charge >= 0.3 is 0 Å². The lowest BCUT2D eigenvalue weighted by Gasteiger charge is -2.07. The Morgan fingerprint density at radius 2 is 2.17 bits per heavy atom. The standard InChI is InChI=1S/C12H13N3O3/c1-8-3-4-10(15(16)17)6-12(8)13-7-11-5-9(2)14-18-11/h3-6,13H,7H2,1-2H3. The van der Waals surface area contributed by atoms with Gasteiger partial charge in [-0.05, 0) is 19.4 Å². The lowest BCUT2D eigenvalue weighted by atomic mass is 10.2. The zero-order valence-corrected chi connectivity index (χ0v) is 10.1. The third kappa shape index (κ3) is 2.65. The van der Waals surface area contributed by atoms with Gasteiger partial charge in [-0.15, -0.1) is 0 Å². The molecule has 0 aliphatic rings. The molecule has 1 aromatic heterocycles. The summed E-state index contributed by atoms with van der Waals surface area (Å²) in [6.45, 7) is 4.17. The number of nitro groups is 1. The molecule has 1 heterocycles. The van der Waals surface area contributed by atoms with Crippen LogP contribution in [0.25, 0.3) is 0 Å². The van der Waals surface area contributed by atoms with E-state index in [2.05, 4.69) is 10.5 Å². The number of aromatic nitrogens is 1. The van der Waals surface area contributed by atoms with E-state index in [0.29, 0.717) is 12.3 Å². The van der Waals surface area contributed by atoms with E-state index < -0.39 is 4.92 Å². The fraction of sp³-hybridized carbons (Fsp3) is 0.250. The van der Waals surface area contributed by atoms with E-state index in [1.807, 2.05) is 19.9 Å². The minimum absolute atomic E-state index is 0.0665. The number of hydrogen-bond acceptors (Lipinski definition) is 5. The molecule has 18 heavy (non-hydrogen) atoms. The Bertz CT molecular complexity index is 578. The van der Waals surface area contributed by atoms with E-state index in [4.69, 9.17) is 4.52 Å². The average molecular weight is 247 g/mol. The van der Waals surface area contributed by atoms with E-state index in [1.165, 1.54) is 12.1 Å². The van der Waals surface area contributed by atoms with Crippen molar-refractivity contribution in [3.8, 4) is 0 Å². The van der Waals surface area contributed by atoms with Gasteiger partial charge in [-0.1, -0.05) is 11.2 Å². The molecule has 2 rings (SSSR count). The van der Waals surface area contributed by atoms with Crippen LogP contribution in [0.15, 0.2) is 28.8 Å². The minimum atomic E-state index is -0.413. The molecule has 6 nitrogen and oxygen atoms in total. The SMILES string of the molecule is Cc1cc(CNc2cc([N+](=O)[O-])ccc2C)on1. The smallest absolute Gasteiger partial charge is 0.271 e. The normalized spacial score (nSPS) is 10.3. The molecule has 0 spiro atoms. The molecule has 0 fully saturated rings. The molecule has 1 aromatic carbocycles. The van der Waals surface area contributed by atoms with Gasteiger partial charge in [0.2, 0.25) is 0 Å². The van der Waals surface area contributed by atoms with Crippen LogP contribution in [-0.2, 0) is 6.54 Å². The summed E-state index contributed by atoms with van der Waals surface area (Å²) in [4.78, 5) is 10.3. The first-order chi connectivity index (χ1) is 8.56. The van der Waals surface area contributed by atoms with Crippen molar-refractivity contribution in [3.63, 3.8) is 0 Å². The fourth-order valence-electron chi connectivity index (χ4n) is 1.60. The summed E-state index contributed by atoms with van der Waals surface area (Å²) in [5.74, 6) is 0.693. The highest BCUT2D eigenvalue weighted by molar-refractivity contribution is 5.56. The highest BCUT2D eigenvalue weighted by atomic mass is 16.6. The molecule has 94 valence electrons.